The summed E-state index contributed by atoms with van der Waals surface area (Å²) in [6.07, 6.45) is 1.01. The van der Waals surface area contributed by atoms with Crippen LogP contribution in [0.15, 0.2) is 58.1 Å². The summed E-state index contributed by atoms with van der Waals surface area (Å²) >= 11 is 3.34. The Bertz CT molecular complexity index is 663. The van der Waals surface area contributed by atoms with Gasteiger partial charge >= 0.3 is 0 Å². The largest absolute Gasteiger partial charge is 0.271 e. The maximum Gasteiger partial charge on any atom is 0.271 e. The standard InChI is InChI=1S/C17H17BrN2O/c1-3-13-7-9-14(10-8-13)12(2)19-20-17(21)15-5-4-6-16(18)11-15/h4-11H,3H2,1-2H3,(H,20,21). The lowest BCUT2D eigenvalue weighted by Gasteiger charge is -2.04. The second kappa shape index (κ2) is 7.18. The fourth-order valence-electron chi connectivity index (χ4n) is 1.88. The highest BCUT2D eigenvalue weighted by molar-refractivity contribution is 9.10. The molecule has 21 heavy (non-hydrogen) atoms. The molecule has 0 aliphatic rings. The highest BCUT2D eigenvalue weighted by Crippen LogP contribution is 2.11. The van der Waals surface area contributed by atoms with Gasteiger partial charge in [0.15, 0.2) is 0 Å². The SMILES string of the molecule is CCc1ccc(C(C)=NNC(=O)c2cccc(Br)c2)cc1. The Morgan fingerprint density at radius 3 is 2.48 bits per heavy atom. The highest BCUT2D eigenvalue weighted by Gasteiger charge is 2.05. The lowest BCUT2D eigenvalue weighted by molar-refractivity contribution is 0.0955. The number of rotatable bonds is 4. The molecule has 0 aliphatic carbocycles. The van der Waals surface area contributed by atoms with Crippen molar-refractivity contribution in [3.05, 3.63) is 69.7 Å². The van der Waals surface area contributed by atoms with E-state index in [9.17, 15) is 4.79 Å². The van der Waals surface area contributed by atoms with Crippen LogP contribution in [0.2, 0.25) is 0 Å². The predicted molar refractivity (Wildman–Crippen MR) is 89.6 cm³/mol. The lowest BCUT2D eigenvalue weighted by atomic mass is 10.1. The molecule has 0 saturated carbocycles. The Morgan fingerprint density at radius 1 is 1.14 bits per heavy atom. The molecule has 2 rings (SSSR count). The molecular formula is C17H17BrN2O. The van der Waals surface area contributed by atoms with Gasteiger partial charge in [0.05, 0.1) is 5.71 Å². The van der Waals surface area contributed by atoms with Crippen LogP contribution >= 0.6 is 15.9 Å². The molecule has 0 heterocycles. The minimum Gasteiger partial charge on any atom is -0.267 e. The van der Waals surface area contributed by atoms with Crippen molar-refractivity contribution in [2.75, 3.05) is 0 Å². The van der Waals surface area contributed by atoms with Crippen LogP contribution in [0.4, 0.5) is 0 Å². The van der Waals surface area contributed by atoms with Gasteiger partial charge in [0.1, 0.15) is 0 Å². The van der Waals surface area contributed by atoms with Gasteiger partial charge in [0.25, 0.3) is 5.91 Å². The molecule has 0 atom stereocenters. The van der Waals surface area contributed by atoms with Gasteiger partial charge in [-0.1, -0.05) is 53.2 Å². The molecule has 0 saturated heterocycles. The Labute approximate surface area is 133 Å². The van der Waals surface area contributed by atoms with Gasteiger partial charge in [-0.05, 0) is 42.7 Å². The average Bonchev–Trinajstić information content (AvgIpc) is 2.52. The Hall–Kier alpha value is -1.94. The fourth-order valence-corrected chi connectivity index (χ4v) is 2.27. The molecule has 0 aliphatic heterocycles. The third-order valence-corrected chi connectivity index (χ3v) is 3.69. The van der Waals surface area contributed by atoms with E-state index < -0.39 is 0 Å². The first-order valence-electron chi connectivity index (χ1n) is 6.79. The lowest BCUT2D eigenvalue weighted by Crippen LogP contribution is -2.19. The molecule has 0 spiro atoms. The molecule has 1 amide bonds. The van der Waals surface area contributed by atoms with E-state index >= 15 is 0 Å². The molecule has 0 radical (unpaired) electrons. The van der Waals surface area contributed by atoms with Crippen LogP contribution in [0.1, 0.15) is 35.3 Å². The molecule has 2 aromatic rings. The number of carbonyl (C=O) groups excluding carboxylic acids is 1. The summed E-state index contributed by atoms with van der Waals surface area (Å²) in [5.74, 6) is -0.221. The van der Waals surface area contributed by atoms with Gasteiger partial charge < -0.3 is 0 Å². The van der Waals surface area contributed by atoms with Crippen LogP contribution in [0, 0.1) is 0 Å². The number of aryl methyl sites for hydroxylation is 1. The summed E-state index contributed by atoms with van der Waals surface area (Å²) in [5.41, 5.74) is 6.22. The van der Waals surface area contributed by atoms with Crippen LogP contribution in [-0.2, 0) is 6.42 Å². The summed E-state index contributed by atoms with van der Waals surface area (Å²) in [6.45, 7) is 4.00. The van der Waals surface area contributed by atoms with Gasteiger partial charge in [0, 0.05) is 10.0 Å². The van der Waals surface area contributed by atoms with Crippen molar-refractivity contribution in [2.45, 2.75) is 20.3 Å². The predicted octanol–water partition coefficient (Wildman–Crippen LogP) is 4.17. The molecule has 4 heteroatoms. The van der Waals surface area contributed by atoms with Crippen molar-refractivity contribution in [1.82, 2.24) is 5.43 Å². The highest BCUT2D eigenvalue weighted by atomic mass is 79.9. The van der Waals surface area contributed by atoms with Crippen molar-refractivity contribution in [1.29, 1.82) is 0 Å². The Morgan fingerprint density at radius 2 is 1.86 bits per heavy atom. The molecule has 3 nitrogen and oxygen atoms in total. The maximum atomic E-state index is 12.0. The van der Waals surface area contributed by atoms with Crippen LogP contribution in [0.25, 0.3) is 0 Å². The van der Waals surface area contributed by atoms with Gasteiger partial charge in [-0.15, -0.1) is 0 Å². The van der Waals surface area contributed by atoms with Crippen LogP contribution < -0.4 is 5.43 Å². The number of hydrazone groups is 1. The first-order chi connectivity index (χ1) is 10.1. The molecule has 0 bridgehead atoms. The van der Waals surface area contributed by atoms with Crippen molar-refractivity contribution < 1.29 is 4.79 Å². The summed E-state index contributed by atoms with van der Waals surface area (Å²) < 4.78 is 0.867. The Balaban J connectivity index is 2.07. The number of benzene rings is 2. The first kappa shape index (κ1) is 15.4. The number of hydrogen-bond acceptors (Lipinski definition) is 2. The second-order valence-corrected chi connectivity index (χ2v) is 5.61. The van der Waals surface area contributed by atoms with Crippen LogP contribution in [0.5, 0.6) is 0 Å². The molecular weight excluding hydrogens is 328 g/mol. The minimum atomic E-state index is -0.221. The summed E-state index contributed by atoms with van der Waals surface area (Å²) in [5, 5.41) is 4.16. The van der Waals surface area contributed by atoms with Crippen molar-refractivity contribution >= 4 is 27.5 Å². The zero-order valence-corrected chi connectivity index (χ0v) is 13.6. The minimum absolute atomic E-state index is 0.221. The maximum absolute atomic E-state index is 12.0. The smallest absolute Gasteiger partial charge is 0.267 e. The number of carbonyl (C=O) groups is 1. The number of amides is 1. The van der Waals surface area contributed by atoms with Crippen LogP contribution in [0.3, 0.4) is 0 Å². The average molecular weight is 345 g/mol. The van der Waals surface area contributed by atoms with E-state index in [1.807, 2.05) is 31.2 Å². The van der Waals surface area contributed by atoms with E-state index in [4.69, 9.17) is 0 Å². The number of nitrogens with zero attached hydrogens (tertiary/aromatic N) is 1. The van der Waals surface area contributed by atoms with Gasteiger partial charge in [-0.3, -0.25) is 4.79 Å². The zero-order valence-electron chi connectivity index (χ0n) is 12.1. The molecule has 2 aromatic carbocycles. The summed E-state index contributed by atoms with van der Waals surface area (Å²) in [7, 11) is 0. The normalized spacial score (nSPS) is 11.3. The van der Waals surface area contributed by atoms with Crippen LogP contribution in [-0.4, -0.2) is 11.6 Å². The Kier molecular flexibility index (Phi) is 5.28. The van der Waals surface area contributed by atoms with E-state index in [1.165, 1.54) is 5.56 Å². The molecule has 0 fully saturated rings. The van der Waals surface area contributed by atoms with E-state index in [-0.39, 0.29) is 5.91 Å². The van der Waals surface area contributed by atoms with Crippen molar-refractivity contribution in [3.63, 3.8) is 0 Å². The third kappa shape index (κ3) is 4.26. The quantitative estimate of drug-likeness (QED) is 0.656. The van der Waals surface area contributed by atoms with E-state index in [0.29, 0.717) is 5.56 Å². The number of halogens is 1. The monoisotopic (exact) mass is 344 g/mol. The summed E-state index contributed by atoms with van der Waals surface area (Å²) in [6, 6.07) is 15.4. The molecule has 0 aromatic heterocycles. The molecule has 1 N–H and O–H groups in total. The molecule has 108 valence electrons. The fraction of sp³-hybridized carbons (Fsp3) is 0.176. The van der Waals surface area contributed by atoms with Crippen molar-refractivity contribution in [2.24, 2.45) is 5.10 Å². The third-order valence-electron chi connectivity index (χ3n) is 3.19. The number of nitrogens with one attached hydrogen (secondary N) is 1. The van der Waals surface area contributed by atoms with Gasteiger partial charge in [-0.2, -0.15) is 5.10 Å². The number of hydrogen-bond donors (Lipinski definition) is 1. The molecule has 0 unspecified atom stereocenters. The van der Waals surface area contributed by atoms with Gasteiger partial charge in [0.2, 0.25) is 0 Å². The van der Waals surface area contributed by atoms with E-state index in [2.05, 4.69) is 45.5 Å². The van der Waals surface area contributed by atoms with E-state index in [0.717, 1.165) is 22.2 Å². The van der Waals surface area contributed by atoms with Gasteiger partial charge in [-0.25, -0.2) is 5.43 Å². The topological polar surface area (TPSA) is 41.5 Å². The second-order valence-electron chi connectivity index (χ2n) is 4.70. The summed E-state index contributed by atoms with van der Waals surface area (Å²) in [4.78, 5) is 12.0. The zero-order chi connectivity index (χ0) is 15.2. The van der Waals surface area contributed by atoms with E-state index in [1.54, 1.807) is 12.1 Å². The first-order valence-corrected chi connectivity index (χ1v) is 7.59. The van der Waals surface area contributed by atoms with Crippen molar-refractivity contribution in [3.8, 4) is 0 Å².